The second kappa shape index (κ2) is 18.1. The molecule has 7 nitrogen and oxygen atoms in total. The van der Waals surface area contributed by atoms with E-state index in [1.54, 1.807) is 30.6 Å². The maximum atomic E-state index is 14.8. The van der Waals surface area contributed by atoms with Gasteiger partial charge in [0.1, 0.15) is 10.7 Å². The van der Waals surface area contributed by atoms with E-state index in [1.165, 1.54) is 6.42 Å². The van der Waals surface area contributed by atoms with Gasteiger partial charge in [0.25, 0.3) is 0 Å². The lowest BCUT2D eigenvalue weighted by Crippen LogP contribution is -2.44. The van der Waals surface area contributed by atoms with Crippen molar-refractivity contribution in [2.75, 3.05) is 13.9 Å². The monoisotopic (exact) mass is 816 g/mol. The van der Waals surface area contributed by atoms with E-state index in [1.807, 2.05) is 66.7 Å². The van der Waals surface area contributed by atoms with Gasteiger partial charge in [-0.05, 0) is 102 Å². The van der Waals surface area contributed by atoms with E-state index < -0.39 is 22.2 Å². The molecule has 0 bridgehead atoms. The maximum absolute atomic E-state index is 14.8. The predicted molar refractivity (Wildman–Crippen MR) is 229 cm³/mol. The number of carbonyl (C=O) groups is 1. The first-order valence-electron chi connectivity index (χ1n) is 20.4. The van der Waals surface area contributed by atoms with E-state index in [4.69, 9.17) is 28.4 Å². The molecular formula is C49H52O7S2. The van der Waals surface area contributed by atoms with Gasteiger partial charge in [-0.25, -0.2) is 0 Å². The van der Waals surface area contributed by atoms with Gasteiger partial charge in [0, 0.05) is 9.79 Å². The molecule has 2 aliphatic heterocycles. The molecule has 8 rings (SSSR count). The van der Waals surface area contributed by atoms with Gasteiger partial charge >= 0.3 is 5.97 Å². The van der Waals surface area contributed by atoms with Crippen LogP contribution in [0.2, 0.25) is 0 Å². The van der Waals surface area contributed by atoms with E-state index in [2.05, 4.69) is 81.4 Å². The summed E-state index contributed by atoms with van der Waals surface area (Å²) in [4.78, 5) is 16.9. The highest BCUT2D eigenvalue weighted by atomic mass is 32.2. The zero-order valence-corrected chi connectivity index (χ0v) is 35.2. The molecule has 0 unspecified atom stereocenters. The number of benzene rings is 5. The number of esters is 1. The van der Waals surface area contributed by atoms with Crippen molar-refractivity contribution in [1.82, 2.24) is 0 Å². The normalized spacial score (nSPS) is 22.8. The molecule has 9 heteroatoms. The molecule has 302 valence electrons. The van der Waals surface area contributed by atoms with Crippen LogP contribution in [-0.4, -0.2) is 32.3 Å². The van der Waals surface area contributed by atoms with Gasteiger partial charge in [-0.3, -0.25) is 4.79 Å². The number of ether oxygens (including phenoxy) is 6. The molecule has 5 aromatic rings. The van der Waals surface area contributed by atoms with E-state index >= 15 is 0 Å². The number of hydrogen-bond donors (Lipinski definition) is 0. The molecular weight excluding hydrogens is 765 g/mol. The fourth-order valence-corrected chi connectivity index (χ4v) is 12.0. The minimum Gasteiger partial charge on any atom is -0.493 e. The second-order valence-corrected chi connectivity index (χ2v) is 18.9. The summed E-state index contributed by atoms with van der Waals surface area (Å²) >= 11 is 3.48. The summed E-state index contributed by atoms with van der Waals surface area (Å²) in [6, 6.07) is 43.1. The molecule has 6 atom stereocenters. The van der Waals surface area contributed by atoms with Gasteiger partial charge < -0.3 is 28.4 Å². The summed E-state index contributed by atoms with van der Waals surface area (Å²) in [6.45, 7) is 7.45. The van der Waals surface area contributed by atoms with Gasteiger partial charge in [-0.2, -0.15) is 0 Å². The minimum atomic E-state index is -0.846. The summed E-state index contributed by atoms with van der Waals surface area (Å²) in [7, 11) is 1.65. The molecule has 1 saturated carbocycles. The molecule has 0 amide bonds. The van der Waals surface area contributed by atoms with Crippen LogP contribution in [-0.2, 0) is 31.4 Å². The highest BCUT2D eigenvalue weighted by Gasteiger charge is 2.59. The number of methoxy groups -OCH3 is 1. The predicted octanol–water partition coefficient (Wildman–Crippen LogP) is 11.6. The van der Waals surface area contributed by atoms with Crippen LogP contribution >= 0.6 is 23.5 Å². The molecule has 2 heterocycles. The fraction of sp³-hybridized carbons (Fsp3) is 0.367. The van der Waals surface area contributed by atoms with Crippen LogP contribution in [0.4, 0.5) is 0 Å². The van der Waals surface area contributed by atoms with Gasteiger partial charge in [0.2, 0.25) is 13.1 Å². The van der Waals surface area contributed by atoms with Crippen molar-refractivity contribution in [2.45, 2.75) is 79.3 Å². The van der Waals surface area contributed by atoms with Crippen LogP contribution in [0.3, 0.4) is 0 Å². The molecule has 5 aromatic carbocycles. The van der Waals surface area contributed by atoms with Crippen LogP contribution in [0, 0.1) is 29.6 Å². The number of hydrogen-bond acceptors (Lipinski definition) is 9. The highest BCUT2D eigenvalue weighted by Crippen LogP contribution is 2.63. The zero-order valence-electron chi connectivity index (χ0n) is 33.6. The van der Waals surface area contributed by atoms with Gasteiger partial charge in [0.15, 0.2) is 23.0 Å². The van der Waals surface area contributed by atoms with E-state index in [0.29, 0.717) is 53.8 Å². The largest absolute Gasteiger partial charge is 0.493 e. The van der Waals surface area contributed by atoms with E-state index in [-0.39, 0.29) is 18.9 Å². The molecule has 3 aliphatic rings. The Kier molecular flexibility index (Phi) is 12.6. The topological polar surface area (TPSA) is 72.5 Å². The van der Waals surface area contributed by atoms with Crippen molar-refractivity contribution >= 4 is 29.5 Å². The molecule has 58 heavy (non-hydrogen) atoms. The average molecular weight is 817 g/mol. The van der Waals surface area contributed by atoms with Crippen molar-refractivity contribution in [3.63, 3.8) is 0 Å². The standard InChI is InChI=1S/C49H52O7S2/c1-32(2)39-23-20-33(3)26-43(39)55-48-46(40(47(50)56-48)27-35-21-24-41(44(28-35)51-4)52-30-34-14-8-5-9-15-34)49(57-37-16-10-6-11-17-37,58-38-18-12-7-13-19-38)36-22-25-42-45(29-36)54-31-53-42/h5-19,21-22,24-25,28-29,32-33,39-40,43,46,48H,20,23,26-27,30-31H2,1-4H3/t33-,39+,40-,43-,46-,48-/m1/s1. The SMILES string of the molecule is COc1cc(C[C@H]2C(=O)O[C@@H](O[C@@H]3C[C@H](C)CC[C@H]3C(C)C)[C@@H]2C(Sc2ccccc2)(Sc2ccccc2)c2ccc3c(c2)OCO3)ccc1OCc1ccccc1. The summed E-state index contributed by atoms with van der Waals surface area (Å²) in [5, 5.41) is 0. The highest BCUT2D eigenvalue weighted by molar-refractivity contribution is 8.17. The molecule has 0 aromatic heterocycles. The summed E-state index contributed by atoms with van der Waals surface area (Å²) in [6.07, 6.45) is 2.71. The van der Waals surface area contributed by atoms with Crippen LogP contribution < -0.4 is 18.9 Å². The van der Waals surface area contributed by atoms with Gasteiger partial charge in [-0.1, -0.05) is 106 Å². The van der Waals surface area contributed by atoms with Crippen LogP contribution in [0.25, 0.3) is 0 Å². The first-order chi connectivity index (χ1) is 28.3. The Bertz CT molecular complexity index is 2090. The Labute approximate surface area is 351 Å². The lowest BCUT2D eigenvalue weighted by atomic mass is 9.75. The smallest absolute Gasteiger partial charge is 0.312 e. The lowest BCUT2D eigenvalue weighted by Gasteiger charge is -2.44. The first-order valence-corrected chi connectivity index (χ1v) is 22.0. The fourth-order valence-electron chi connectivity index (χ4n) is 8.68. The summed E-state index contributed by atoms with van der Waals surface area (Å²) in [5.41, 5.74) is 2.99. The number of rotatable bonds is 15. The maximum Gasteiger partial charge on any atom is 0.312 e. The van der Waals surface area contributed by atoms with Crippen molar-refractivity contribution in [3.8, 4) is 23.0 Å². The number of fused-ring (bicyclic) bond motifs is 1. The van der Waals surface area contributed by atoms with Crippen molar-refractivity contribution in [2.24, 2.45) is 29.6 Å². The first kappa shape index (κ1) is 40.2. The third-order valence-electron chi connectivity index (χ3n) is 11.7. The number of thioether (sulfide) groups is 2. The Morgan fingerprint density at radius 2 is 1.43 bits per heavy atom. The number of carbonyl (C=O) groups excluding carboxylic acids is 1. The second-order valence-electron chi connectivity index (χ2n) is 16.0. The molecule has 2 fully saturated rings. The third kappa shape index (κ3) is 8.87. The van der Waals surface area contributed by atoms with Crippen LogP contribution in [0.1, 0.15) is 56.7 Å². The molecule has 1 saturated heterocycles. The van der Waals surface area contributed by atoms with Crippen molar-refractivity contribution in [3.05, 3.63) is 144 Å². The molecule has 1 aliphatic carbocycles. The Balaban J connectivity index is 1.25. The van der Waals surface area contributed by atoms with E-state index in [9.17, 15) is 4.79 Å². The van der Waals surface area contributed by atoms with Gasteiger partial charge in [-0.15, -0.1) is 23.5 Å². The van der Waals surface area contributed by atoms with E-state index in [0.717, 1.165) is 39.3 Å². The Morgan fingerprint density at radius 3 is 2.10 bits per heavy atom. The van der Waals surface area contributed by atoms with Gasteiger partial charge in [0.05, 0.1) is 25.0 Å². The Morgan fingerprint density at radius 1 is 0.759 bits per heavy atom. The number of cyclic esters (lactones) is 1. The quantitative estimate of drug-likeness (QED) is 0.0583. The average Bonchev–Trinajstić information content (AvgIpc) is 3.84. The summed E-state index contributed by atoms with van der Waals surface area (Å²) in [5.74, 6) is 2.62. The minimum absolute atomic E-state index is 0.0538. The zero-order chi connectivity index (χ0) is 40.1. The van der Waals surface area contributed by atoms with Crippen LogP contribution in [0.5, 0.6) is 23.0 Å². The molecule has 0 radical (unpaired) electrons. The molecule has 0 N–H and O–H groups in total. The third-order valence-corrected chi connectivity index (χ3v) is 14.8. The van der Waals surface area contributed by atoms with Crippen LogP contribution in [0.15, 0.2) is 137 Å². The van der Waals surface area contributed by atoms with Crippen molar-refractivity contribution < 1.29 is 33.2 Å². The summed E-state index contributed by atoms with van der Waals surface area (Å²) < 4.78 is 37.0. The Hall–Kier alpha value is -4.57. The molecule has 0 spiro atoms. The van der Waals surface area contributed by atoms with Crippen molar-refractivity contribution in [1.29, 1.82) is 0 Å². The lowest BCUT2D eigenvalue weighted by molar-refractivity contribution is -0.196.